The molecule has 0 aliphatic carbocycles. The average molecular weight is 203 g/mol. The predicted molar refractivity (Wildman–Crippen MR) is 62.0 cm³/mol. The minimum Gasteiger partial charge on any atom is -0.382 e. The lowest BCUT2D eigenvalue weighted by Gasteiger charge is -2.18. The van der Waals surface area contributed by atoms with Crippen LogP contribution >= 0.6 is 12.2 Å². The van der Waals surface area contributed by atoms with Crippen molar-refractivity contribution in [2.75, 3.05) is 27.2 Å². The number of likely N-dealkylation sites (tertiary alicyclic amines) is 1. The van der Waals surface area contributed by atoms with Gasteiger partial charge in [0.25, 0.3) is 0 Å². The fourth-order valence-electron chi connectivity index (χ4n) is 1.65. The van der Waals surface area contributed by atoms with Crippen molar-refractivity contribution in [3.8, 4) is 0 Å². The molecule has 0 amide bonds. The summed E-state index contributed by atoms with van der Waals surface area (Å²) in [6.45, 7) is 2.29. The van der Waals surface area contributed by atoms with Crippen LogP contribution in [0.2, 0.25) is 0 Å². The van der Waals surface area contributed by atoms with Gasteiger partial charge in [0, 0.05) is 12.6 Å². The molecule has 1 fully saturated rings. The van der Waals surface area contributed by atoms with Crippen LogP contribution in [-0.4, -0.2) is 43.6 Å². The van der Waals surface area contributed by atoms with Crippen LogP contribution in [0.4, 0.5) is 0 Å². The number of nitrogens with two attached hydrogens (primary N) is 1. The Balaban J connectivity index is 0.000000671. The molecule has 1 atom stereocenters. The van der Waals surface area contributed by atoms with Crippen molar-refractivity contribution in [2.45, 2.75) is 25.3 Å². The van der Waals surface area contributed by atoms with Crippen LogP contribution in [0.1, 0.15) is 19.3 Å². The Kier molecular flexibility index (Phi) is 8.29. The molecule has 1 rings (SSSR count). The fourth-order valence-corrected chi connectivity index (χ4v) is 1.77. The van der Waals surface area contributed by atoms with E-state index in [1.807, 2.05) is 0 Å². The first-order valence-corrected chi connectivity index (χ1v) is 5.26. The highest BCUT2D eigenvalue weighted by Crippen LogP contribution is 2.16. The van der Waals surface area contributed by atoms with Gasteiger partial charge in [0.1, 0.15) is 0 Å². The summed E-state index contributed by atoms with van der Waals surface area (Å²) >= 11 is 4.67. The first kappa shape index (κ1) is 12.8. The Bertz CT molecular complexity index is 130. The average Bonchev–Trinajstić information content (AvgIpc) is 2.56. The third-order valence-corrected chi connectivity index (χ3v) is 2.54. The van der Waals surface area contributed by atoms with E-state index in [1.165, 1.54) is 32.9 Å². The van der Waals surface area contributed by atoms with Crippen LogP contribution in [0.5, 0.6) is 0 Å². The molecule has 0 aromatic heterocycles. The van der Waals surface area contributed by atoms with Crippen molar-refractivity contribution in [1.82, 2.24) is 10.2 Å². The Morgan fingerprint density at radius 1 is 1.62 bits per heavy atom. The van der Waals surface area contributed by atoms with E-state index < -0.39 is 0 Å². The van der Waals surface area contributed by atoms with E-state index in [9.17, 15) is 0 Å². The molecule has 0 radical (unpaired) electrons. The van der Waals surface area contributed by atoms with E-state index in [2.05, 4.69) is 35.2 Å². The number of rotatable bonds is 4. The summed E-state index contributed by atoms with van der Waals surface area (Å²) in [5.41, 5.74) is 6.11. The summed E-state index contributed by atoms with van der Waals surface area (Å²) in [4.78, 5) is 2.44. The number of nitrogens with zero attached hydrogens (tertiary/aromatic N) is 1. The van der Waals surface area contributed by atoms with Gasteiger partial charge in [-0.1, -0.05) is 12.2 Å². The van der Waals surface area contributed by atoms with Crippen molar-refractivity contribution >= 4 is 17.7 Å². The van der Waals surface area contributed by atoms with Crippen LogP contribution in [-0.2, 0) is 0 Å². The third-order valence-electron chi connectivity index (χ3n) is 2.38. The zero-order valence-electron chi connectivity index (χ0n) is 8.62. The van der Waals surface area contributed by atoms with Crippen LogP contribution in [0.3, 0.4) is 0 Å². The summed E-state index contributed by atoms with van der Waals surface area (Å²) in [5.74, 6) is 0. The maximum Gasteiger partial charge on any atom is 0.0614 e. The SMILES string of the molecule is CN.CN1CCCC1CCNC=S. The van der Waals surface area contributed by atoms with Crippen LogP contribution in [0.15, 0.2) is 0 Å². The quantitative estimate of drug-likeness (QED) is 0.518. The Morgan fingerprint density at radius 3 is 2.77 bits per heavy atom. The molecule has 0 aromatic carbocycles. The molecule has 3 N–H and O–H groups in total. The number of thiocarbonyl (C=S) groups is 1. The van der Waals surface area contributed by atoms with Crippen molar-refractivity contribution < 1.29 is 0 Å². The standard InChI is InChI=1S/C8H16N2S.CH5N/c1-10-6-2-3-8(10)4-5-9-7-11;1-2/h7-8H,2-6H2,1H3,(H,9,11);2H2,1H3. The van der Waals surface area contributed by atoms with Gasteiger partial charge in [0.15, 0.2) is 0 Å². The minimum atomic E-state index is 0.789. The second-order valence-corrected chi connectivity index (χ2v) is 3.37. The zero-order chi connectivity index (χ0) is 10.1. The smallest absolute Gasteiger partial charge is 0.0614 e. The topological polar surface area (TPSA) is 41.3 Å². The predicted octanol–water partition coefficient (Wildman–Crippen LogP) is 0.592. The van der Waals surface area contributed by atoms with Gasteiger partial charge in [-0.2, -0.15) is 0 Å². The third kappa shape index (κ3) is 5.18. The Hall–Kier alpha value is -0.190. The number of hydrogen-bond donors (Lipinski definition) is 2. The van der Waals surface area contributed by atoms with E-state index in [0.29, 0.717) is 0 Å². The summed E-state index contributed by atoms with van der Waals surface area (Å²) in [7, 11) is 3.70. The van der Waals surface area contributed by atoms with Crippen LogP contribution < -0.4 is 11.1 Å². The van der Waals surface area contributed by atoms with E-state index in [0.717, 1.165) is 12.6 Å². The highest BCUT2D eigenvalue weighted by Gasteiger charge is 2.19. The van der Waals surface area contributed by atoms with Gasteiger partial charge in [-0.25, -0.2) is 0 Å². The first-order chi connectivity index (χ1) is 6.34. The molecular formula is C9H21N3S. The molecule has 1 saturated heterocycles. The molecule has 0 saturated carbocycles. The van der Waals surface area contributed by atoms with E-state index in [-0.39, 0.29) is 0 Å². The van der Waals surface area contributed by atoms with Gasteiger partial charge in [-0.05, 0) is 39.9 Å². The summed E-state index contributed by atoms with van der Waals surface area (Å²) in [6, 6.07) is 0.789. The lowest BCUT2D eigenvalue weighted by molar-refractivity contribution is 0.297. The molecule has 78 valence electrons. The Morgan fingerprint density at radius 2 is 2.31 bits per heavy atom. The van der Waals surface area contributed by atoms with E-state index in [1.54, 1.807) is 5.49 Å². The molecule has 0 spiro atoms. The summed E-state index contributed by atoms with van der Waals surface area (Å²) < 4.78 is 0. The number of nitrogens with one attached hydrogen (secondary N) is 1. The maximum absolute atomic E-state index is 4.67. The fraction of sp³-hybridized carbons (Fsp3) is 0.889. The molecule has 0 bridgehead atoms. The van der Waals surface area contributed by atoms with Crippen molar-refractivity contribution in [2.24, 2.45) is 5.73 Å². The summed E-state index contributed by atoms with van der Waals surface area (Å²) in [5, 5.41) is 3.06. The monoisotopic (exact) mass is 203 g/mol. The zero-order valence-corrected chi connectivity index (χ0v) is 9.44. The van der Waals surface area contributed by atoms with Gasteiger partial charge >= 0.3 is 0 Å². The lowest BCUT2D eigenvalue weighted by atomic mass is 10.1. The van der Waals surface area contributed by atoms with Gasteiger partial charge < -0.3 is 16.0 Å². The molecule has 1 unspecified atom stereocenters. The molecule has 1 aliphatic heterocycles. The highest BCUT2D eigenvalue weighted by atomic mass is 32.1. The Labute approximate surface area is 86.7 Å². The molecule has 4 heteroatoms. The highest BCUT2D eigenvalue weighted by molar-refractivity contribution is 7.78. The van der Waals surface area contributed by atoms with Crippen molar-refractivity contribution in [3.63, 3.8) is 0 Å². The molecule has 13 heavy (non-hydrogen) atoms. The van der Waals surface area contributed by atoms with Crippen molar-refractivity contribution in [3.05, 3.63) is 0 Å². The second kappa shape index (κ2) is 8.41. The maximum atomic E-state index is 4.67. The molecule has 1 heterocycles. The van der Waals surface area contributed by atoms with Gasteiger partial charge in [0.2, 0.25) is 0 Å². The largest absolute Gasteiger partial charge is 0.382 e. The summed E-state index contributed by atoms with van der Waals surface area (Å²) in [6.07, 6.45) is 3.94. The molecular weight excluding hydrogens is 182 g/mol. The molecule has 3 nitrogen and oxygen atoms in total. The normalized spacial score (nSPS) is 21.9. The minimum absolute atomic E-state index is 0.789. The second-order valence-electron chi connectivity index (χ2n) is 3.14. The van der Waals surface area contributed by atoms with Crippen molar-refractivity contribution in [1.29, 1.82) is 0 Å². The first-order valence-electron chi connectivity index (χ1n) is 4.79. The van der Waals surface area contributed by atoms with Crippen LogP contribution in [0, 0.1) is 0 Å². The van der Waals surface area contributed by atoms with Gasteiger partial charge in [-0.3, -0.25) is 0 Å². The van der Waals surface area contributed by atoms with Gasteiger partial charge in [-0.15, -0.1) is 0 Å². The molecule has 1 aliphatic rings. The van der Waals surface area contributed by atoms with Gasteiger partial charge in [0.05, 0.1) is 5.49 Å². The lowest BCUT2D eigenvalue weighted by Crippen LogP contribution is -2.28. The molecule has 0 aromatic rings. The number of hydrogen-bond acceptors (Lipinski definition) is 3. The van der Waals surface area contributed by atoms with E-state index in [4.69, 9.17) is 0 Å². The van der Waals surface area contributed by atoms with E-state index >= 15 is 0 Å². The van der Waals surface area contributed by atoms with Crippen LogP contribution in [0.25, 0.3) is 0 Å².